The Morgan fingerprint density at radius 2 is 2.50 bits per heavy atom. The van der Waals surface area contributed by atoms with Crippen LogP contribution in [0.2, 0.25) is 0 Å². The van der Waals surface area contributed by atoms with Gasteiger partial charge in [0.2, 0.25) is 5.95 Å². The Hall–Kier alpha value is -1.16. The number of nitrogens with zero attached hydrogens (tertiary/aromatic N) is 2. The van der Waals surface area contributed by atoms with Gasteiger partial charge in [0.25, 0.3) is 0 Å². The first-order valence-corrected chi connectivity index (χ1v) is 4.18. The fraction of sp³-hybridized carbons (Fsp3) is 0.500. The zero-order valence-electron chi connectivity index (χ0n) is 6.83. The van der Waals surface area contributed by atoms with Gasteiger partial charge in [0.1, 0.15) is 0 Å². The molecule has 1 atom stereocenters. The fourth-order valence-corrected chi connectivity index (χ4v) is 1.52. The van der Waals surface area contributed by atoms with Crippen LogP contribution in [0.4, 0.5) is 5.95 Å². The first kappa shape index (κ1) is 7.49. The molecule has 0 unspecified atom stereocenters. The van der Waals surface area contributed by atoms with Crippen LogP contribution in [0.15, 0.2) is 12.3 Å². The molecule has 4 heteroatoms. The van der Waals surface area contributed by atoms with Gasteiger partial charge in [0.05, 0.1) is 5.69 Å². The van der Waals surface area contributed by atoms with Crippen LogP contribution in [-0.4, -0.2) is 16.5 Å². The molecular formula is C8H12N4. The Balaban J connectivity index is 2.21. The predicted octanol–water partition coefficient (Wildman–Crippen LogP) is 0.483. The molecular weight excluding hydrogens is 152 g/mol. The molecule has 1 aromatic heterocycles. The molecule has 0 amide bonds. The Morgan fingerprint density at radius 1 is 1.58 bits per heavy atom. The molecule has 0 radical (unpaired) electrons. The van der Waals surface area contributed by atoms with Gasteiger partial charge in [-0.25, -0.2) is 9.97 Å². The minimum atomic E-state index is 0.362. The highest BCUT2D eigenvalue weighted by Gasteiger charge is 2.17. The van der Waals surface area contributed by atoms with E-state index in [9.17, 15) is 0 Å². The van der Waals surface area contributed by atoms with Gasteiger partial charge in [-0.2, -0.15) is 0 Å². The van der Waals surface area contributed by atoms with E-state index in [-0.39, 0.29) is 0 Å². The standard InChI is InChI=1S/C8H12N4/c9-8-11-5-3-7(12-8)6-2-1-4-10-6/h3,5-6,10H,1-2,4H2,(H2,9,11,12)/t6-/m0/s1. The number of aromatic nitrogens is 2. The quantitative estimate of drug-likeness (QED) is 0.633. The largest absolute Gasteiger partial charge is 0.368 e. The average molecular weight is 164 g/mol. The van der Waals surface area contributed by atoms with E-state index in [2.05, 4.69) is 15.3 Å². The summed E-state index contributed by atoms with van der Waals surface area (Å²) < 4.78 is 0. The third kappa shape index (κ3) is 1.38. The van der Waals surface area contributed by atoms with Crippen molar-refractivity contribution in [1.82, 2.24) is 15.3 Å². The van der Waals surface area contributed by atoms with E-state index in [1.807, 2.05) is 6.07 Å². The van der Waals surface area contributed by atoms with Crippen molar-refractivity contribution >= 4 is 5.95 Å². The summed E-state index contributed by atoms with van der Waals surface area (Å²) in [5, 5.41) is 3.35. The van der Waals surface area contributed by atoms with Crippen molar-refractivity contribution in [1.29, 1.82) is 0 Å². The van der Waals surface area contributed by atoms with Crippen LogP contribution in [0.25, 0.3) is 0 Å². The van der Waals surface area contributed by atoms with Crippen molar-refractivity contribution in [3.63, 3.8) is 0 Å². The Morgan fingerprint density at radius 3 is 3.17 bits per heavy atom. The highest BCUT2D eigenvalue weighted by atomic mass is 15.0. The average Bonchev–Trinajstić information content (AvgIpc) is 2.56. The summed E-state index contributed by atoms with van der Waals surface area (Å²) in [6, 6.07) is 2.30. The lowest BCUT2D eigenvalue weighted by Gasteiger charge is -2.08. The van der Waals surface area contributed by atoms with Crippen LogP contribution in [-0.2, 0) is 0 Å². The summed E-state index contributed by atoms with van der Waals surface area (Å²) in [5.74, 6) is 0.362. The molecule has 3 N–H and O–H groups in total. The molecule has 0 aliphatic carbocycles. The van der Waals surface area contributed by atoms with E-state index in [1.165, 1.54) is 6.42 Å². The van der Waals surface area contributed by atoms with E-state index >= 15 is 0 Å². The first-order chi connectivity index (χ1) is 5.86. The van der Waals surface area contributed by atoms with Crippen molar-refractivity contribution in [2.45, 2.75) is 18.9 Å². The summed E-state index contributed by atoms with van der Waals surface area (Å²) in [6.07, 6.45) is 4.07. The second-order valence-electron chi connectivity index (χ2n) is 2.99. The molecule has 4 nitrogen and oxygen atoms in total. The van der Waals surface area contributed by atoms with Gasteiger partial charge in [-0.05, 0) is 25.5 Å². The summed E-state index contributed by atoms with van der Waals surface area (Å²) in [7, 11) is 0. The molecule has 64 valence electrons. The van der Waals surface area contributed by atoms with Gasteiger partial charge >= 0.3 is 0 Å². The number of hydrogen-bond acceptors (Lipinski definition) is 4. The predicted molar refractivity (Wildman–Crippen MR) is 46.4 cm³/mol. The van der Waals surface area contributed by atoms with Gasteiger partial charge in [0.15, 0.2) is 0 Å². The number of nitrogens with two attached hydrogens (primary N) is 1. The van der Waals surface area contributed by atoms with E-state index in [4.69, 9.17) is 5.73 Å². The molecule has 0 bridgehead atoms. The zero-order chi connectivity index (χ0) is 8.39. The van der Waals surface area contributed by atoms with Gasteiger partial charge in [-0.3, -0.25) is 0 Å². The maximum Gasteiger partial charge on any atom is 0.220 e. The van der Waals surface area contributed by atoms with Gasteiger partial charge in [-0.15, -0.1) is 0 Å². The molecule has 0 aromatic carbocycles. The number of nitrogen functional groups attached to an aromatic ring is 1. The Bertz CT molecular complexity index is 268. The Kier molecular flexibility index (Phi) is 1.91. The molecule has 1 aliphatic rings. The maximum atomic E-state index is 5.48. The zero-order valence-corrected chi connectivity index (χ0v) is 6.83. The molecule has 2 heterocycles. The normalized spacial score (nSPS) is 22.8. The number of anilines is 1. The van der Waals surface area contributed by atoms with Crippen LogP contribution < -0.4 is 11.1 Å². The van der Waals surface area contributed by atoms with E-state index in [0.717, 1.165) is 18.7 Å². The SMILES string of the molecule is Nc1nccc([C@@H]2CCCN2)n1. The summed E-state index contributed by atoms with van der Waals surface area (Å²) in [5.41, 5.74) is 6.49. The number of rotatable bonds is 1. The third-order valence-electron chi connectivity index (χ3n) is 2.11. The highest BCUT2D eigenvalue weighted by molar-refractivity contribution is 5.19. The summed E-state index contributed by atoms with van der Waals surface area (Å²) >= 11 is 0. The number of hydrogen-bond donors (Lipinski definition) is 2. The minimum absolute atomic E-state index is 0.362. The second kappa shape index (κ2) is 3.06. The minimum Gasteiger partial charge on any atom is -0.368 e. The van der Waals surface area contributed by atoms with Crippen LogP contribution in [0.3, 0.4) is 0 Å². The fourth-order valence-electron chi connectivity index (χ4n) is 1.52. The summed E-state index contributed by atoms with van der Waals surface area (Å²) in [6.45, 7) is 1.08. The molecule has 12 heavy (non-hydrogen) atoms. The van der Waals surface area contributed by atoms with Crippen molar-refractivity contribution in [2.75, 3.05) is 12.3 Å². The van der Waals surface area contributed by atoms with Crippen LogP contribution in [0, 0.1) is 0 Å². The lowest BCUT2D eigenvalue weighted by molar-refractivity contribution is 0.627. The van der Waals surface area contributed by atoms with E-state index in [1.54, 1.807) is 6.20 Å². The maximum absolute atomic E-state index is 5.48. The Labute approximate surface area is 71.2 Å². The monoisotopic (exact) mass is 164 g/mol. The molecule has 1 aliphatic heterocycles. The molecule has 1 saturated heterocycles. The van der Waals surface area contributed by atoms with Gasteiger partial charge in [-0.1, -0.05) is 0 Å². The van der Waals surface area contributed by atoms with E-state index < -0.39 is 0 Å². The van der Waals surface area contributed by atoms with Gasteiger partial charge in [0, 0.05) is 12.2 Å². The van der Waals surface area contributed by atoms with E-state index in [0.29, 0.717) is 12.0 Å². The highest BCUT2D eigenvalue weighted by Crippen LogP contribution is 2.20. The topological polar surface area (TPSA) is 63.8 Å². The molecule has 0 saturated carbocycles. The van der Waals surface area contributed by atoms with Gasteiger partial charge < -0.3 is 11.1 Å². The van der Waals surface area contributed by atoms with Crippen LogP contribution >= 0.6 is 0 Å². The lowest BCUT2D eigenvalue weighted by Crippen LogP contribution is -2.15. The van der Waals surface area contributed by atoms with Crippen LogP contribution in [0.5, 0.6) is 0 Å². The molecule has 2 rings (SSSR count). The molecule has 0 spiro atoms. The van der Waals surface area contributed by atoms with Crippen molar-refractivity contribution in [3.05, 3.63) is 18.0 Å². The third-order valence-corrected chi connectivity index (χ3v) is 2.11. The molecule has 1 aromatic rings. The van der Waals surface area contributed by atoms with Crippen molar-refractivity contribution in [3.8, 4) is 0 Å². The first-order valence-electron chi connectivity index (χ1n) is 4.18. The summed E-state index contributed by atoms with van der Waals surface area (Å²) in [4.78, 5) is 8.01. The smallest absolute Gasteiger partial charge is 0.220 e. The molecule has 1 fully saturated rings. The second-order valence-corrected chi connectivity index (χ2v) is 2.99. The number of nitrogens with one attached hydrogen (secondary N) is 1. The lowest BCUT2D eigenvalue weighted by atomic mass is 10.1. The van der Waals surface area contributed by atoms with Crippen molar-refractivity contribution in [2.24, 2.45) is 0 Å². The van der Waals surface area contributed by atoms with Crippen LogP contribution in [0.1, 0.15) is 24.6 Å². The van der Waals surface area contributed by atoms with Crippen molar-refractivity contribution < 1.29 is 0 Å².